The molecular weight excluding hydrogens is 246 g/mol. The third kappa shape index (κ3) is 2.94. The van der Waals surface area contributed by atoms with Crippen LogP contribution in [-0.4, -0.2) is 27.7 Å². The van der Waals surface area contributed by atoms with E-state index in [1.165, 1.54) is 0 Å². The minimum atomic E-state index is -3.86. The number of hydrogen-bond donors (Lipinski definition) is 0. The molecule has 2 rings (SSSR count). The maximum absolute atomic E-state index is 10.8. The van der Waals surface area contributed by atoms with E-state index in [0.29, 0.717) is 11.3 Å². The predicted molar refractivity (Wildman–Crippen MR) is 56.4 cm³/mol. The van der Waals surface area contributed by atoms with Gasteiger partial charge in [0, 0.05) is 0 Å². The molecule has 0 saturated carbocycles. The van der Waals surface area contributed by atoms with Gasteiger partial charge in [0.05, 0.1) is 12.2 Å². The highest BCUT2D eigenvalue weighted by atomic mass is 32.3. The van der Waals surface area contributed by atoms with Crippen molar-refractivity contribution in [2.24, 2.45) is 0 Å². The quantitative estimate of drug-likeness (QED) is 0.786. The van der Waals surface area contributed by atoms with Crippen LogP contribution in [0.3, 0.4) is 0 Å². The van der Waals surface area contributed by atoms with E-state index in [-0.39, 0.29) is 13.2 Å². The minimum Gasteiger partial charge on any atom is -0.489 e. The van der Waals surface area contributed by atoms with Crippen molar-refractivity contribution in [3.05, 3.63) is 29.8 Å². The molecule has 0 radical (unpaired) electrons. The average Bonchev–Trinajstić information content (AvgIpc) is 2.67. The van der Waals surface area contributed by atoms with Crippen molar-refractivity contribution in [2.45, 2.75) is 6.10 Å². The SMILES string of the molecule is N#Cc1ccccc1OC[C@@H]1COS(=O)(=O)O1. The summed E-state index contributed by atoms with van der Waals surface area (Å²) in [7, 11) is -3.86. The highest BCUT2D eigenvalue weighted by Gasteiger charge is 2.30. The van der Waals surface area contributed by atoms with Gasteiger partial charge in [0.1, 0.15) is 24.5 Å². The topological polar surface area (TPSA) is 85.6 Å². The Balaban J connectivity index is 1.97. The monoisotopic (exact) mass is 255 g/mol. The minimum absolute atomic E-state index is 0.0118. The lowest BCUT2D eigenvalue weighted by Gasteiger charge is -2.09. The van der Waals surface area contributed by atoms with Gasteiger partial charge in [-0.05, 0) is 12.1 Å². The molecule has 0 amide bonds. The van der Waals surface area contributed by atoms with Gasteiger partial charge in [-0.1, -0.05) is 12.1 Å². The maximum atomic E-state index is 10.8. The fourth-order valence-corrected chi connectivity index (χ4v) is 2.14. The van der Waals surface area contributed by atoms with Crippen LogP contribution in [0.5, 0.6) is 5.75 Å². The third-order valence-electron chi connectivity index (χ3n) is 2.08. The Kier molecular flexibility index (Phi) is 3.28. The van der Waals surface area contributed by atoms with Crippen LogP contribution in [-0.2, 0) is 18.8 Å². The van der Waals surface area contributed by atoms with Crippen LogP contribution in [0, 0.1) is 11.3 Å². The second kappa shape index (κ2) is 4.71. The molecule has 0 aliphatic carbocycles. The summed E-state index contributed by atoms with van der Waals surface area (Å²) in [5, 5.41) is 8.81. The summed E-state index contributed by atoms with van der Waals surface area (Å²) in [6, 6.07) is 8.64. The first kappa shape index (κ1) is 11.9. The molecule has 0 bridgehead atoms. The van der Waals surface area contributed by atoms with Crippen LogP contribution in [0.4, 0.5) is 0 Å². The normalized spacial score (nSPS) is 21.9. The van der Waals surface area contributed by atoms with Crippen LogP contribution < -0.4 is 4.74 Å². The molecule has 1 aliphatic rings. The number of nitriles is 1. The zero-order valence-electron chi connectivity index (χ0n) is 8.70. The Bertz CT molecular complexity index is 548. The summed E-state index contributed by atoms with van der Waals surface area (Å²) < 4.78 is 35.9. The highest BCUT2D eigenvalue weighted by molar-refractivity contribution is 7.82. The lowest BCUT2D eigenvalue weighted by molar-refractivity contribution is 0.149. The van der Waals surface area contributed by atoms with Gasteiger partial charge in [0.25, 0.3) is 0 Å². The summed E-state index contributed by atoms with van der Waals surface area (Å²) in [4.78, 5) is 0. The molecule has 0 aromatic heterocycles. The van der Waals surface area contributed by atoms with Crippen molar-refractivity contribution in [3.63, 3.8) is 0 Å². The van der Waals surface area contributed by atoms with Crippen molar-refractivity contribution in [2.75, 3.05) is 13.2 Å². The van der Waals surface area contributed by atoms with Crippen LogP contribution in [0.2, 0.25) is 0 Å². The Hall–Kier alpha value is -1.62. The predicted octanol–water partition coefficient (Wildman–Crippen LogP) is 0.597. The largest absolute Gasteiger partial charge is 0.489 e. The molecule has 1 aliphatic heterocycles. The summed E-state index contributed by atoms with van der Waals surface area (Å²) in [6.45, 7) is -0.0605. The van der Waals surface area contributed by atoms with E-state index in [1.54, 1.807) is 24.3 Å². The Labute approximate surface area is 98.7 Å². The van der Waals surface area contributed by atoms with Gasteiger partial charge in [-0.3, -0.25) is 0 Å². The van der Waals surface area contributed by atoms with E-state index in [0.717, 1.165) is 0 Å². The molecule has 90 valence electrons. The number of hydrogen-bond acceptors (Lipinski definition) is 6. The summed E-state index contributed by atoms with van der Waals surface area (Å²) >= 11 is 0. The lowest BCUT2D eigenvalue weighted by atomic mass is 10.2. The molecule has 1 aromatic carbocycles. The van der Waals surface area contributed by atoms with Gasteiger partial charge >= 0.3 is 10.4 Å². The molecule has 1 aromatic rings. The Morgan fingerprint density at radius 2 is 2.24 bits per heavy atom. The van der Waals surface area contributed by atoms with Crippen molar-refractivity contribution < 1.29 is 21.5 Å². The lowest BCUT2D eigenvalue weighted by Crippen LogP contribution is -2.20. The highest BCUT2D eigenvalue weighted by Crippen LogP contribution is 2.19. The Morgan fingerprint density at radius 3 is 2.88 bits per heavy atom. The second-order valence-corrected chi connectivity index (χ2v) is 4.57. The molecule has 1 heterocycles. The molecule has 1 fully saturated rings. The van der Waals surface area contributed by atoms with Gasteiger partial charge in [0.15, 0.2) is 0 Å². The number of rotatable bonds is 3. The standard InChI is InChI=1S/C10H9NO5S/c11-5-8-3-1-2-4-10(8)14-6-9-7-15-17(12,13)16-9/h1-4,9H,6-7H2/t9-/m1/s1. The van der Waals surface area contributed by atoms with Gasteiger partial charge in [0.2, 0.25) is 0 Å². The van der Waals surface area contributed by atoms with Crippen LogP contribution in [0.15, 0.2) is 24.3 Å². The van der Waals surface area contributed by atoms with Crippen molar-refractivity contribution in [1.29, 1.82) is 5.26 Å². The molecular formula is C10H9NO5S. The first-order valence-corrected chi connectivity index (χ1v) is 6.13. The van der Waals surface area contributed by atoms with Crippen molar-refractivity contribution >= 4 is 10.4 Å². The molecule has 0 unspecified atom stereocenters. The molecule has 7 heteroatoms. The van der Waals surface area contributed by atoms with E-state index < -0.39 is 16.5 Å². The van der Waals surface area contributed by atoms with E-state index in [9.17, 15) is 8.42 Å². The van der Waals surface area contributed by atoms with Gasteiger partial charge < -0.3 is 4.74 Å². The fourth-order valence-electron chi connectivity index (χ4n) is 1.32. The summed E-state index contributed by atoms with van der Waals surface area (Å²) in [6.07, 6.45) is -0.674. The first-order chi connectivity index (χ1) is 8.11. The van der Waals surface area contributed by atoms with Gasteiger partial charge in [-0.2, -0.15) is 13.7 Å². The summed E-state index contributed by atoms with van der Waals surface area (Å²) in [5.74, 6) is 0.392. The molecule has 17 heavy (non-hydrogen) atoms. The molecule has 0 spiro atoms. The van der Waals surface area contributed by atoms with Gasteiger partial charge in [-0.15, -0.1) is 0 Å². The zero-order valence-corrected chi connectivity index (χ0v) is 9.51. The smallest absolute Gasteiger partial charge is 0.400 e. The zero-order chi connectivity index (χ0) is 12.3. The van der Waals surface area contributed by atoms with Crippen LogP contribution >= 0.6 is 0 Å². The molecule has 1 saturated heterocycles. The van der Waals surface area contributed by atoms with Crippen LogP contribution in [0.25, 0.3) is 0 Å². The second-order valence-electron chi connectivity index (χ2n) is 3.33. The number of ether oxygens (including phenoxy) is 1. The van der Waals surface area contributed by atoms with Crippen molar-refractivity contribution in [3.8, 4) is 11.8 Å². The number of nitrogens with zero attached hydrogens (tertiary/aromatic N) is 1. The Morgan fingerprint density at radius 1 is 1.47 bits per heavy atom. The maximum Gasteiger partial charge on any atom is 0.400 e. The average molecular weight is 255 g/mol. The van der Waals surface area contributed by atoms with E-state index in [4.69, 9.17) is 10.00 Å². The van der Waals surface area contributed by atoms with E-state index in [2.05, 4.69) is 8.37 Å². The van der Waals surface area contributed by atoms with E-state index >= 15 is 0 Å². The van der Waals surface area contributed by atoms with Gasteiger partial charge in [-0.25, -0.2) is 8.37 Å². The molecule has 6 nitrogen and oxygen atoms in total. The van der Waals surface area contributed by atoms with Crippen LogP contribution in [0.1, 0.15) is 5.56 Å². The van der Waals surface area contributed by atoms with E-state index in [1.807, 2.05) is 6.07 Å². The van der Waals surface area contributed by atoms with Crippen molar-refractivity contribution in [1.82, 2.24) is 0 Å². The molecule has 0 N–H and O–H groups in total. The number of benzene rings is 1. The fraction of sp³-hybridized carbons (Fsp3) is 0.300. The molecule has 1 atom stereocenters. The first-order valence-electron chi connectivity index (χ1n) is 4.80. The third-order valence-corrected chi connectivity index (χ3v) is 3.02. The summed E-state index contributed by atoms with van der Waals surface area (Å²) in [5.41, 5.74) is 0.384. The number of para-hydroxylation sites is 1.